The minimum atomic E-state index is -0.699. The fourth-order valence-electron chi connectivity index (χ4n) is 1.09. The van der Waals surface area contributed by atoms with Crippen LogP contribution in [0.25, 0.3) is 0 Å². The van der Waals surface area contributed by atoms with Crippen LogP contribution in [0.4, 0.5) is 5.69 Å². The average molecular weight is 287 g/mol. The van der Waals surface area contributed by atoms with Crippen molar-refractivity contribution in [1.82, 2.24) is 0 Å². The quantitative estimate of drug-likeness (QED) is 0.370. The highest BCUT2D eigenvalue weighted by Crippen LogP contribution is 2.15. The number of anilines is 1. The number of esters is 1. The molecule has 0 atom stereocenters. The standard InChI is InChI=1S/C12H12Cl2N2O2/c1-16(9-6-4-3-5-7-9)15-8-10(13)11(14)12(17)18-2/h3-8H,1-2H3/b11-10-,15-8+. The number of allylic oxidation sites excluding steroid dienone is 1. The third kappa shape index (κ3) is 4.05. The fourth-order valence-corrected chi connectivity index (χ4v) is 1.34. The SMILES string of the molecule is COC(=O)/C(Cl)=C(Cl)\C=N\N(C)c1ccccc1. The number of benzene rings is 1. The first kappa shape index (κ1) is 14.5. The molecule has 0 heterocycles. The molecule has 0 amide bonds. The van der Waals surface area contributed by atoms with Crippen molar-refractivity contribution in [2.75, 3.05) is 19.2 Å². The van der Waals surface area contributed by atoms with Gasteiger partial charge in [0.05, 0.1) is 24.0 Å². The molecule has 0 saturated heterocycles. The summed E-state index contributed by atoms with van der Waals surface area (Å²) in [4.78, 5) is 11.1. The van der Waals surface area contributed by atoms with Crippen molar-refractivity contribution < 1.29 is 9.53 Å². The van der Waals surface area contributed by atoms with E-state index in [2.05, 4.69) is 9.84 Å². The van der Waals surface area contributed by atoms with Crippen molar-refractivity contribution in [3.8, 4) is 0 Å². The Labute approximate surface area is 115 Å². The van der Waals surface area contributed by atoms with Crippen LogP contribution in [0, 0.1) is 0 Å². The van der Waals surface area contributed by atoms with Crippen LogP contribution in [-0.2, 0) is 9.53 Å². The predicted molar refractivity (Wildman–Crippen MR) is 74.1 cm³/mol. The van der Waals surface area contributed by atoms with Gasteiger partial charge in [0.2, 0.25) is 0 Å². The first-order valence-corrected chi connectivity index (χ1v) is 5.78. The predicted octanol–water partition coefficient (Wildman–Crippen LogP) is 2.97. The Bertz CT molecular complexity index is 472. The number of nitrogens with zero attached hydrogens (tertiary/aromatic N) is 2. The molecule has 0 aliphatic rings. The first-order chi connectivity index (χ1) is 8.56. The third-order valence-corrected chi connectivity index (χ3v) is 2.79. The Morgan fingerprint density at radius 3 is 2.50 bits per heavy atom. The molecule has 0 radical (unpaired) electrons. The molecule has 1 rings (SSSR count). The van der Waals surface area contributed by atoms with Crippen molar-refractivity contribution in [2.24, 2.45) is 5.10 Å². The van der Waals surface area contributed by atoms with Crippen molar-refractivity contribution in [2.45, 2.75) is 0 Å². The molecule has 0 aromatic heterocycles. The number of methoxy groups -OCH3 is 1. The molecule has 96 valence electrons. The monoisotopic (exact) mass is 286 g/mol. The van der Waals surface area contributed by atoms with Crippen molar-refractivity contribution in [3.63, 3.8) is 0 Å². The van der Waals surface area contributed by atoms with Crippen molar-refractivity contribution in [1.29, 1.82) is 0 Å². The fraction of sp³-hybridized carbons (Fsp3) is 0.167. The number of hydrazone groups is 1. The minimum Gasteiger partial charge on any atom is -0.465 e. The second kappa shape index (κ2) is 7.03. The van der Waals surface area contributed by atoms with Gasteiger partial charge in [-0.3, -0.25) is 5.01 Å². The van der Waals surface area contributed by atoms with Gasteiger partial charge in [-0.15, -0.1) is 0 Å². The molecule has 0 fully saturated rings. The van der Waals surface area contributed by atoms with Crippen LogP contribution in [0.3, 0.4) is 0 Å². The summed E-state index contributed by atoms with van der Waals surface area (Å²) in [6.07, 6.45) is 1.29. The van der Waals surface area contributed by atoms with Crippen LogP contribution in [-0.4, -0.2) is 26.3 Å². The summed E-state index contributed by atoms with van der Waals surface area (Å²) in [5.41, 5.74) is 0.882. The zero-order valence-electron chi connectivity index (χ0n) is 9.93. The van der Waals surface area contributed by atoms with E-state index < -0.39 is 5.97 Å². The maximum atomic E-state index is 11.1. The highest BCUT2D eigenvalue weighted by molar-refractivity contribution is 6.52. The average Bonchev–Trinajstić information content (AvgIpc) is 2.43. The summed E-state index contributed by atoms with van der Waals surface area (Å²) in [6, 6.07) is 9.45. The van der Waals surface area contributed by atoms with Gasteiger partial charge in [-0.2, -0.15) is 5.10 Å². The molecule has 0 unspecified atom stereocenters. The second-order valence-corrected chi connectivity index (χ2v) is 4.04. The summed E-state index contributed by atoms with van der Waals surface area (Å²) in [7, 11) is 2.98. The largest absolute Gasteiger partial charge is 0.465 e. The van der Waals surface area contributed by atoms with Gasteiger partial charge in [-0.1, -0.05) is 41.4 Å². The van der Waals surface area contributed by atoms with E-state index in [0.717, 1.165) is 5.69 Å². The molecule has 0 aliphatic heterocycles. The second-order valence-electron chi connectivity index (χ2n) is 3.26. The molecule has 0 N–H and O–H groups in total. The molecule has 0 bridgehead atoms. The Hall–Kier alpha value is -1.52. The summed E-state index contributed by atoms with van der Waals surface area (Å²) >= 11 is 11.5. The third-order valence-electron chi connectivity index (χ3n) is 2.05. The minimum absolute atomic E-state index is 0.0197. The molecular weight excluding hydrogens is 275 g/mol. The summed E-state index contributed by atoms with van der Waals surface area (Å²) < 4.78 is 4.44. The number of carbonyl (C=O) groups is 1. The number of hydrogen-bond donors (Lipinski definition) is 0. The van der Waals surface area contributed by atoms with Gasteiger partial charge in [0.25, 0.3) is 0 Å². The van der Waals surface area contributed by atoms with E-state index in [4.69, 9.17) is 23.2 Å². The smallest absolute Gasteiger partial charge is 0.351 e. The first-order valence-electron chi connectivity index (χ1n) is 5.02. The van der Waals surface area contributed by atoms with E-state index in [1.54, 1.807) is 12.1 Å². The van der Waals surface area contributed by atoms with Crippen LogP contribution in [0.5, 0.6) is 0 Å². The summed E-state index contributed by atoms with van der Waals surface area (Å²) in [5, 5.41) is 5.47. The Morgan fingerprint density at radius 2 is 1.94 bits per heavy atom. The van der Waals surface area contributed by atoms with Crippen molar-refractivity contribution in [3.05, 3.63) is 40.4 Å². The zero-order valence-corrected chi connectivity index (χ0v) is 11.4. The highest BCUT2D eigenvalue weighted by Gasteiger charge is 2.10. The number of para-hydroxylation sites is 1. The normalized spacial score (nSPS) is 12.2. The van der Waals surface area contributed by atoms with Gasteiger partial charge >= 0.3 is 5.97 Å². The van der Waals surface area contributed by atoms with Gasteiger partial charge in [0.1, 0.15) is 5.03 Å². The van der Waals surface area contributed by atoms with Gasteiger partial charge in [-0.25, -0.2) is 4.79 Å². The molecule has 0 spiro atoms. The van der Waals surface area contributed by atoms with E-state index in [1.165, 1.54) is 13.3 Å². The maximum absolute atomic E-state index is 11.1. The molecular formula is C12H12Cl2N2O2. The summed E-state index contributed by atoms with van der Waals surface area (Å²) in [6.45, 7) is 0. The zero-order chi connectivity index (χ0) is 13.5. The molecule has 1 aromatic rings. The lowest BCUT2D eigenvalue weighted by molar-refractivity contribution is -0.135. The van der Waals surface area contributed by atoms with E-state index in [-0.39, 0.29) is 10.1 Å². The highest BCUT2D eigenvalue weighted by atomic mass is 35.5. The van der Waals surface area contributed by atoms with Crippen LogP contribution in [0.15, 0.2) is 45.5 Å². The molecule has 0 saturated carbocycles. The number of carbonyl (C=O) groups excluding carboxylic acids is 1. The van der Waals surface area contributed by atoms with E-state index in [1.807, 2.05) is 30.3 Å². The molecule has 4 nitrogen and oxygen atoms in total. The van der Waals surface area contributed by atoms with E-state index >= 15 is 0 Å². The van der Waals surface area contributed by atoms with Gasteiger partial charge in [0.15, 0.2) is 0 Å². The molecule has 1 aromatic carbocycles. The molecule has 0 aliphatic carbocycles. The molecule has 6 heteroatoms. The van der Waals surface area contributed by atoms with Gasteiger partial charge < -0.3 is 4.74 Å². The Morgan fingerprint density at radius 1 is 1.33 bits per heavy atom. The summed E-state index contributed by atoms with van der Waals surface area (Å²) in [5.74, 6) is -0.699. The topological polar surface area (TPSA) is 41.9 Å². The van der Waals surface area contributed by atoms with E-state index in [0.29, 0.717) is 0 Å². The number of halogens is 2. The number of hydrogen-bond acceptors (Lipinski definition) is 4. The lowest BCUT2D eigenvalue weighted by Gasteiger charge is -2.11. The molecule has 18 heavy (non-hydrogen) atoms. The number of ether oxygens (including phenoxy) is 1. The Balaban J connectivity index is 2.79. The van der Waals surface area contributed by atoms with Gasteiger partial charge in [-0.05, 0) is 12.1 Å². The van der Waals surface area contributed by atoms with E-state index in [9.17, 15) is 4.79 Å². The van der Waals surface area contributed by atoms with Crippen LogP contribution >= 0.6 is 23.2 Å². The van der Waals surface area contributed by atoms with Crippen LogP contribution in [0.2, 0.25) is 0 Å². The van der Waals surface area contributed by atoms with Crippen molar-refractivity contribution >= 4 is 41.1 Å². The number of rotatable bonds is 4. The van der Waals surface area contributed by atoms with Gasteiger partial charge in [0, 0.05) is 7.05 Å². The van der Waals surface area contributed by atoms with Crippen LogP contribution < -0.4 is 5.01 Å². The lowest BCUT2D eigenvalue weighted by atomic mass is 10.3. The lowest BCUT2D eigenvalue weighted by Crippen LogP contribution is -2.09. The maximum Gasteiger partial charge on any atom is 0.351 e. The van der Waals surface area contributed by atoms with Crippen LogP contribution in [0.1, 0.15) is 0 Å². The Kier molecular flexibility index (Phi) is 5.68.